The quantitative estimate of drug-likeness (QED) is 0.150. The number of nitrogens with zero attached hydrogens (tertiary/aromatic N) is 4. The van der Waals surface area contributed by atoms with Crippen molar-refractivity contribution in [1.29, 1.82) is 0 Å². The van der Waals surface area contributed by atoms with Crippen LogP contribution in [0.4, 0.5) is 11.4 Å². The zero-order valence-electron chi connectivity index (χ0n) is 16.6. The molecule has 0 saturated heterocycles. The molecule has 0 fully saturated rings. The molecule has 3 aromatic carbocycles. The molecule has 0 unspecified atom stereocenters. The topological polar surface area (TPSA) is 85.3 Å². The first-order valence-electron chi connectivity index (χ1n) is 9.72. The number of nitro groups is 1. The van der Waals surface area contributed by atoms with Gasteiger partial charge in [0.15, 0.2) is 0 Å². The molecule has 0 bridgehead atoms. The van der Waals surface area contributed by atoms with Crippen LogP contribution in [-0.4, -0.2) is 70.2 Å². The summed E-state index contributed by atoms with van der Waals surface area (Å²) in [5.41, 5.74) is 1.47. The Hall–Kier alpha value is -2.16. The molecule has 4 aromatic rings. The predicted molar refractivity (Wildman–Crippen MR) is 124 cm³/mol. The van der Waals surface area contributed by atoms with Crippen LogP contribution >= 0.6 is 0 Å². The third-order valence-electron chi connectivity index (χ3n) is 4.66. The number of anilines is 1. The molecule has 31 heavy (non-hydrogen) atoms. The first-order chi connectivity index (χ1) is 15.2. The van der Waals surface area contributed by atoms with E-state index < -0.39 is 4.92 Å². The molecule has 1 heterocycles. The summed E-state index contributed by atoms with van der Waals surface area (Å²) in [6, 6.07) is 24.5. The average Bonchev–Trinajstić information content (AvgIpc) is 3.29. The minimum atomic E-state index is -0.440. The fourth-order valence-electron chi connectivity index (χ4n) is 3.18. The Bertz CT molecular complexity index is 1090. The van der Waals surface area contributed by atoms with Gasteiger partial charge in [0.1, 0.15) is 0 Å². The van der Waals surface area contributed by atoms with Gasteiger partial charge in [0.05, 0.1) is 0 Å². The van der Waals surface area contributed by atoms with Crippen LogP contribution in [0.5, 0.6) is 0 Å². The van der Waals surface area contributed by atoms with Gasteiger partial charge in [-0.25, -0.2) is 0 Å². The molecule has 4 rings (SSSR count). The van der Waals surface area contributed by atoms with Crippen molar-refractivity contribution in [3.8, 4) is 0 Å². The normalized spacial score (nSPS) is 11.0. The molecule has 0 aliphatic heterocycles. The Labute approximate surface area is 200 Å². The van der Waals surface area contributed by atoms with Crippen molar-refractivity contribution >= 4 is 71.5 Å². The second-order valence-corrected chi connectivity index (χ2v) is 13.3. The number of hydrogen-bond donors (Lipinski definition) is 0. The van der Waals surface area contributed by atoms with E-state index in [1.165, 1.54) is 13.3 Å². The fourth-order valence-corrected chi connectivity index (χ4v) is 8.30. The van der Waals surface area contributed by atoms with Crippen LogP contribution in [0.25, 0.3) is 11.0 Å². The first-order valence-corrected chi connectivity index (χ1v) is 15.4. The van der Waals surface area contributed by atoms with Gasteiger partial charge in [-0.05, 0) is 0 Å². The Morgan fingerprint density at radius 1 is 0.806 bits per heavy atom. The summed E-state index contributed by atoms with van der Waals surface area (Å²) in [5, 5.41) is 19.1. The maximum atomic E-state index is 11.3. The number of benzene rings is 3. The molecule has 0 atom stereocenters. The third kappa shape index (κ3) is 5.75. The standard InChI is InChI=1S/C22H20N4O3Te2/c27-26(28)20-12-11-19(21-22(20)24-29-23-21)25(13-15-30-17-7-3-1-4-8-17)14-16-31-18-9-5-2-6-10-18/h1-12H,13-16H2. The van der Waals surface area contributed by atoms with Gasteiger partial charge in [0, 0.05) is 0 Å². The van der Waals surface area contributed by atoms with Crippen molar-refractivity contribution < 1.29 is 9.55 Å². The predicted octanol–water partition coefficient (Wildman–Crippen LogP) is 2.83. The molecule has 0 N–H and O–H groups in total. The Morgan fingerprint density at radius 3 is 1.90 bits per heavy atom. The van der Waals surface area contributed by atoms with E-state index in [1.807, 2.05) is 12.1 Å². The van der Waals surface area contributed by atoms with E-state index in [0.717, 1.165) is 27.7 Å². The fraction of sp³-hybridized carbons (Fsp3) is 0.182. The van der Waals surface area contributed by atoms with Gasteiger partial charge < -0.3 is 0 Å². The van der Waals surface area contributed by atoms with Gasteiger partial charge in [-0.1, -0.05) is 0 Å². The van der Waals surface area contributed by atoms with Crippen molar-refractivity contribution in [2.45, 2.75) is 8.94 Å². The van der Waals surface area contributed by atoms with Crippen molar-refractivity contribution in [3.63, 3.8) is 0 Å². The number of fused-ring (bicyclic) bond motifs is 1. The molecule has 158 valence electrons. The second-order valence-electron chi connectivity index (χ2n) is 6.63. The SMILES string of the molecule is O=[N+]([O-])c1ccc(N(CC[Te]c2ccccc2)CC[Te]c2ccccc2)c2nonc12. The van der Waals surface area contributed by atoms with Crippen molar-refractivity contribution in [2.24, 2.45) is 0 Å². The summed E-state index contributed by atoms with van der Waals surface area (Å²) in [5.74, 6) is 0. The summed E-state index contributed by atoms with van der Waals surface area (Å²) in [6.07, 6.45) is 0. The van der Waals surface area contributed by atoms with Gasteiger partial charge >= 0.3 is 201 Å². The number of aromatic nitrogens is 2. The van der Waals surface area contributed by atoms with Crippen molar-refractivity contribution in [2.75, 3.05) is 18.0 Å². The summed E-state index contributed by atoms with van der Waals surface area (Å²) in [6.45, 7) is 1.78. The monoisotopic (exact) mass is 648 g/mol. The van der Waals surface area contributed by atoms with Gasteiger partial charge in [-0.15, -0.1) is 0 Å². The van der Waals surface area contributed by atoms with Crippen LogP contribution in [0.3, 0.4) is 0 Å². The Morgan fingerprint density at radius 2 is 1.35 bits per heavy atom. The molecule has 7 nitrogen and oxygen atoms in total. The zero-order chi connectivity index (χ0) is 21.5. The van der Waals surface area contributed by atoms with Crippen LogP contribution < -0.4 is 12.1 Å². The summed E-state index contributed by atoms with van der Waals surface area (Å²) in [7, 11) is 0. The Kier molecular flexibility index (Phi) is 7.77. The van der Waals surface area contributed by atoms with E-state index >= 15 is 0 Å². The number of nitro benzene ring substituents is 1. The zero-order valence-corrected chi connectivity index (χ0v) is 21.2. The molecule has 0 saturated carbocycles. The van der Waals surface area contributed by atoms with Gasteiger partial charge in [-0.2, -0.15) is 0 Å². The Balaban J connectivity index is 1.52. The van der Waals surface area contributed by atoms with Gasteiger partial charge in [0.2, 0.25) is 0 Å². The van der Waals surface area contributed by atoms with Gasteiger partial charge in [0.25, 0.3) is 0 Å². The molecule has 0 radical (unpaired) electrons. The summed E-state index contributed by atoms with van der Waals surface area (Å²) in [4.78, 5) is 13.2. The van der Waals surface area contributed by atoms with Crippen molar-refractivity contribution in [3.05, 3.63) is 82.9 Å². The van der Waals surface area contributed by atoms with E-state index in [-0.39, 0.29) is 53.1 Å². The molecule has 0 spiro atoms. The van der Waals surface area contributed by atoms with Crippen LogP contribution in [0.15, 0.2) is 77.4 Å². The third-order valence-corrected chi connectivity index (χ3v) is 10.3. The van der Waals surface area contributed by atoms with E-state index in [1.54, 1.807) is 6.07 Å². The van der Waals surface area contributed by atoms with Crippen molar-refractivity contribution in [1.82, 2.24) is 10.3 Å². The molecule has 0 aliphatic rings. The van der Waals surface area contributed by atoms with Crippen LogP contribution in [-0.2, 0) is 0 Å². The summed E-state index contributed by atoms with van der Waals surface area (Å²) < 4.78 is 9.95. The van der Waals surface area contributed by atoms with E-state index in [0.29, 0.717) is 5.52 Å². The molecule has 0 aliphatic carbocycles. The van der Waals surface area contributed by atoms with E-state index in [2.05, 4.69) is 63.7 Å². The molecule has 9 heteroatoms. The summed E-state index contributed by atoms with van der Waals surface area (Å²) >= 11 is -0.607. The van der Waals surface area contributed by atoms with Crippen LogP contribution in [0.1, 0.15) is 0 Å². The maximum absolute atomic E-state index is 11.3. The molecular weight excluding hydrogens is 623 g/mol. The first kappa shape index (κ1) is 22.0. The van der Waals surface area contributed by atoms with Gasteiger partial charge in [-0.3, -0.25) is 0 Å². The molecular formula is C22H20N4O3Te2. The molecule has 0 amide bonds. The van der Waals surface area contributed by atoms with E-state index in [9.17, 15) is 10.1 Å². The number of non-ortho nitro benzene ring substituents is 1. The molecule has 1 aromatic heterocycles. The minimum absolute atomic E-state index is 0.0731. The average molecular weight is 644 g/mol. The number of rotatable bonds is 10. The second kappa shape index (κ2) is 10.9. The number of hydrogen-bond acceptors (Lipinski definition) is 6. The van der Waals surface area contributed by atoms with E-state index in [4.69, 9.17) is 4.63 Å². The van der Waals surface area contributed by atoms with Crippen LogP contribution in [0, 0.1) is 10.1 Å². The van der Waals surface area contributed by atoms with Crippen LogP contribution in [0.2, 0.25) is 8.94 Å².